The highest BCUT2D eigenvalue weighted by Gasteiger charge is 2.29. The molecule has 1 aromatic heterocycles. The average molecular weight is 403 g/mol. The summed E-state index contributed by atoms with van der Waals surface area (Å²) >= 11 is 5.90. The minimum Gasteiger partial charge on any atom is -0.339 e. The number of aromatic nitrogens is 1. The minimum absolute atomic E-state index is 0.0210. The van der Waals surface area contributed by atoms with Crippen LogP contribution in [0.15, 0.2) is 64.5 Å². The van der Waals surface area contributed by atoms with Crippen molar-refractivity contribution in [3.63, 3.8) is 0 Å². The zero-order valence-corrected chi connectivity index (χ0v) is 16.6. The van der Waals surface area contributed by atoms with Gasteiger partial charge in [0.05, 0.1) is 20.9 Å². The number of sulfone groups is 1. The number of benzene rings is 2. The van der Waals surface area contributed by atoms with Gasteiger partial charge in [-0.1, -0.05) is 29.8 Å². The molecule has 1 amide bonds. The topological polar surface area (TPSA) is 67.3 Å². The van der Waals surface area contributed by atoms with Gasteiger partial charge in [-0.25, -0.2) is 8.42 Å². The molecule has 0 atom stereocenters. The third-order valence-corrected chi connectivity index (χ3v) is 6.52. The van der Waals surface area contributed by atoms with Crippen LogP contribution in [0, 0.1) is 0 Å². The molecule has 1 heterocycles. The molecule has 0 saturated heterocycles. The number of halogens is 1. The van der Waals surface area contributed by atoms with Crippen molar-refractivity contribution in [1.82, 2.24) is 9.88 Å². The number of rotatable bonds is 5. The Balaban J connectivity index is 2.33. The van der Waals surface area contributed by atoms with E-state index in [0.717, 1.165) is 0 Å². The molecule has 0 radical (unpaired) electrons. The fourth-order valence-corrected chi connectivity index (χ4v) is 4.72. The number of fused-ring (bicyclic) bond motifs is 1. The van der Waals surface area contributed by atoms with Gasteiger partial charge in [0.15, 0.2) is 0 Å². The standard InChI is InChI=1S/C20H19ClN2O3S/c1-3-23(4-2)20(24)17-13-22-18-8-6-5-7-16(18)19(17)27(25,26)15-11-9-14(21)10-12-15/h5-13H,3-4H2,1-2H3. The van der Waals surface area contributed by atoms with Crippen LogP contribution in [-0.4, -0.2) is 37.3 Å². The summed E-state index contributed by atoms with van der Waals surface area (Å²) in [6, 6.07) is 12.8. The Morgan fingerprint density at radius 3 is 2.30 bits per heavy atom. The van der Waals surface area contributed by atoms with E-state index in [4.69, 9.17) is 11.6 Å². The Bertz CT molecular complexity index is 1090. The van der Waals surface area contributed by atoms with Crippen molar-refractivity contribution in [2.45, 2.75) is 23.6 Å². The van der Waals surface area contributed by atoms with E-state index in [9.17, 15) is 13.2 Å². The number of carbonyl (C=O) groups is 1. The smallest absolute Gasteiger partial charge is 0.256 e. The van der Waals surface area contributed by atoms with Gasteiger partial charge in [0.2, 0.25) is 9.84 Å². The van der Waals surface area contributed by atoms with Crippen LogP contribution >= 0.6 is 11.6 Å². The van der Waals surface area contributed by atoms with E-state index < -0.39 is 9.84 Å². The lowest BCUT2D eigenvalue weighted by Crippen LogP contribution is -2.31. The highest BCUT2D eigenvalue weighted by atomic mass is 35.5. The summed E-state index contributed by atoms with van der Waals surface area (Å²) in [6.07, 6.45) is 1.35. The molecule has 0 fully saturated rings. The molecular weight excluding hydrogens is 384 g/mol. The van der Waals surface area contributed by atoms with Gasteiger partial charge in [-0.15, -0.1) is 0 Å². The molecule has 140 valence electrons. The maximum absolute atomic E-state index is 13.4. The predicted octanol–water partition coefficient (Wildman–Crippen LogP) is 4.20. The first-order valence-corrected chi connectivity index (χ1v) is 10.4. The van der Waals surface area contributed by atoms with Crippen molar-refractivity contribution in [3.8, 4) is 0 Å². The summed E-state index contributed by atoms with van der Waals surface area (Å²) in [5.74, 6) is -0.356. The fraction of sp³-hybridized carbons (Fsp3) is 0.200. The molecule has 27 heavy (non-hydrogen) atoms. The molecule has 0 N–H and O–H groups in total. The Morgan fingerprint density at radius 2 is 1.67 bits per heavy atom. The zero-order valence-electron chi connectivity index (χ0n) is 15.0. The monoisotopic (exact) mass is 402 g/mol. The highest BCUT2D eigenvalue weighted by molar-refractivity contribution is 7.91. The van der Waals surface area contributed by atoms with Crippen LogP contribution in [0.3, 0.4) is 0 Å². The van der Waals surface area contributed by atoms with Gasteiger partial charge in [0.1, 0.15) is 0 Å². The van der Waals surface area contributed by atoms with Gasteiger partial charge in [-0.2, -0.15) is 0 Å². The normalized spacial score (nSPS) is 11.5. The molecule has 0 bridgehead atoms. The summed E-state index contributed by atoms with van der Waals surface area (Å²) in [4.78, 5) is 18.9. The number of para-hydroxylation sites is 1. The maximum Gasteiger partial charge on any atom is 0.256 e. The number of carbonyl (C=O) groups excluding carboxylic acids is 1. The van der Waals surface area contributed by atoms with Crippen LogP contribution < -0.4 is 0 Å². The van der Waals surface area contributed by atoms with Crippen molar-refractivity contribution in [3.05, 3.63) is 65.3 Å². The Morgan fingerprint density at radius 1 is 1.04 bits per heavy atom. The molecule has 0 saturated carbocycles. The van der Waals surface area contributed by atoms with Gasteiger partial charge in [-0.05, 0) is 44.2 Å². The largest absolute Gasteiger partial charge is 0.339 e. The van der Waals surface area contributed by atoms with E-state index in [-0.39, 0.29) is 21.3 Å². The van der Waals surface area contributed by atoms with Crippen LogP contribution in [0.5, 0.6) is 0 Å². The Kier molecular flexibility index (Phi) is 5.48. The van der Waals surface area contributed by atoms with E-state index in [0.29, 0.717) is 29.0 Å². The van der Waals surface area contributed by atoms with Gasteiger partial charge in [0, 0.05) is 29.7 Å². The second kappa shape index (κ2) is 7.66. The van der Waals surface area contributed by atoms with Crippen LogP contribution in [0.25, 0.3) is 10.9 Å². The third-order valence-electron chi connectivity index (χ3n) is 4.40. The molecule has 0 aliphatic carbocycles. The van der Waals surface area contributed by atoms with E-state index in [1.165, 1.54) is 30.5 Å². The van der Waals surface area contributed by atoms with Gasteiger partial charge in [-0.3, -0.25) is 9.78 Å². The molecule has 0 spiro atoms. The van der Waals surface area contributed by atoms with Crippen LogP contribution in [-0.2, 0) is 9.84 Å². The van der Waals surface area contributed by atoms with E-state index in [1.54, 1.807) is 29.2 Å². The zero-order chi connectivity index (χ0) is 19.6. The Labute approximate surface area is 163 Å². The summed E-state index contributed by atoms with van der Waals surface area (Å²) in [5.41, 5.74) is 0.591. The molecule has 3 aromatic rings. The number of amides is 1. The van der Waals surface area contributed by atoms with Gasteiger partial charge in [0.25, 0.3) is 5.91 Å². The molecule has 0 aliphatic heterocycles. The maximum atomic E-state index is 13.4. The molecule has 5 nitrogen and oxygen atoms in total. The lowest BCUT2D eigenvalue weighted by atomic mass is 10.1. The minimum atomic E-state index is -3.95. The summed E-state index contributed by atoms with van der Waals surface area (Å²) < 4.78 is 26.9. The molecule has 7 heteroatoms. The summed E-state index contributed by atoms with van der Waals surface area (Å²) in [5, 5.41) is 0.860. The van der Waals surface area contributed by atoms with Gasteiger partial charge >= 0.3 is 0 Å². The van der Waals surface area contributed by atoms with Crippen molar-refractivity contribution in [2.24, 2.45) is 0 Å². The molecule has 2 aromatic carbocycles. The summed E-state index contributed by atoms with van der Waals surface area (Å²) in [7, 11) is -3.95. The van der Waals surface area contributed by atoms with Crippen LogP contribution in [0.4, 0.5) is 0 Å². The SMILES string of the molecule is CCN(CC)C(=O)c1cnc2ccccc2c1S(=O)(=O)c1ccc(Cl)cc1. The lowest BCUT2D eigenvalue weighted by molar-refractivity contribution is 0.0769. The van der Waals surface area contributed by atoms with E-state index >= 15 is 0 Å². The first-order chi connectivity index (χ1) is 12.9. The second-order valence-corrected chi connectivity index (χ2v) is 8.28. The van der Waals surface area contributed by atoms with Crippen LogP contribution in [0.1, 0.15) is 24.2 Å². The van der Waals surface area contributed by atoms with Gasteiger partial charge < -0.3 is 4.90 Å². The predicted molar refractivity (Wildman–Crippen MR) is 106 cm³/mol. The molecule has 0 aliphatic rings. The number of hydrogen-bond donors (Lipinski definition) is 0. The third kappa shape index (κ3) is 3.55. The first-order valence-electron chi connectivity index (χ1n) is 8.57. The van der Waals surface area contributed by atoms with Crippen molar-refractivity contribution >= 4 is 38.2 Å². The summed E-state index contributed by atoms with van der Waals surface area (Å²) in [6.45, 7) is 4.65. The Hall–Kier alpha value is -2.44. The van der Waals surface area contributed by atoms with Crippen molar-refractivity contribution in [2.75, 3.05) is 13.1 Å². The average Bonchev–Trinajstić information content (AvgIpc) is 2.68. The molecule has 3 rings (SSSR count). The fourth-order valence-electron chi connectivity index (χ4n) is 2.97. The number of nitrogens with zero attached hydrogens (tertiary/aromatic N) is 2. The number of hydrogen-bond acceptors (Lipinski definition) is 4. The van der Waals surface area contributed by atoms with E-state index in [2.05, 4.69) is 4.98 Å². The highest BCUT2D eigenvalue weighted by Crippen LogP contribution is 2.31. The van der Waals surface area contributed by atoms with Crippen molar-refractivity contribution in [1.29, 1.82) is 0 Å². The molecule has 0 unspecified atom stereocenters. The first kappa shape index (κ1) is 19.3. The lowest BCUT2D eigenvalue weighted by Gasteiger charge is -2.21. The second-order valence-electron chi connectivity index (χ2n) is 5.95. The van der Waals surface area contributed by atoms with Crippen LogP contribution in [0.2, 0.25) is 5.02 Å². The van der Waals surface area contributed by atoms with E-state index in [1.807, 2.05) is 13.8 Å². The quantitative estimate of drug-likeness (QED) is 0.641. The molecular formula is C20H19ClN2O3S. The van der Waals surface area contributed by atoms with Crippen molar-refractivity contribution < 1.29 is 13.2 Å². The number of pyridine rings is 1.